The van der Waals surface area contributed by atoms with Gasteiger partial charge in [0.25, 0.3) is 0 Å². The second-order valence-electron chi connectivity index (χ2n) is 5.22. The van der Waals surface area contributed by atoms with Crippen LogP contribution in [0.1, 0.15) is 29.3 Å². The topological polar surface area (TPSA) is 29.1 Å². The van der Waals surface area contributed by atoms with Gasteiger partial charge in [0, 0.05) is 29.0 Å². The summed E-state index contributed by atoms with van der Waals surface area (Å²) in [5.74, 6) is 0.182. The van der Waals surface area contributed by atoms with E-state index in [2.05, 4.69) is 52.4 Å². The van der Waals surface area contributed by atoms with Crippen LogP contribution in [0.4, 0.5) is 0 Å². The maximum absolute atomic E-state index is 12.0. The van der Waals surface area contributed by atoms with Crippen molar-refractivity contribution in [3.63, 3.8) is 0 Å². The Morgan fingerprint density at radius 1 is 1.10 bits per heavy atom. The summed E-state index contributed by atoms with van der Waals surface area (Å²) >= 11 is 3.37. The Bertz CT molecular complexity index is 566. The molecule has 0 spiro atoms. The van der Waals surface area contributed by atoms with Crippen molar-refractivity contribution in [1.82, 2.24) is 5.32 Å². The number of rotatable bonds is 7. The molecule has 0 saturated carbocycles. The molecule has 0 heterocycles. The highest BCUT2D eigenvalue weighted by Crippen LogP contribution is 2.11. The van der Waals surface area contributed by atoms with Crippen molar-refractivity contribution in [3.8, 4) is 0 Å². The van der Waals surface area contributed by atoms with Crippen LogP contribution in [0.3, 0.4) is 0 Å². The predicted octanol–water partition coefficient (Wildman–Crippen LogP) is 4.24. The van der Waals surface area contributed by atoms with Gasteiger partial charge in [-0.3, -0.25) is 4.79 Å². The van der Waals surface area contributed by atoms with E-state index in [-0.39, 0.29) is 5.78 Å². The number of hydrogen-bond acceptors (Lipinski definition) is 2. The summed E-state index contributed by atoms with van der Waals surface area (Å²) < 4.78 is 0.994. The van der Waals surface area contributed by atoms with Gasteiger partial charge >= 0.3 is 0 Å². The van der Waals surface area contributed by atoms with Crippen LogP contribution < -0.4 is 5.32 Å². The zero-order valence-corrected chi connectivity index (χ0v) is 13.8. The van der Waals surface area contributed by atoms with E-state index >= 15 is 0 Å². The Morgan fingerprint density at radius 3 is 2.43 bits per heavy atom. The fourth-order valence-electron chi connectivity index (χ4n) is 2.25. The molecule has 0 aliphatic carbocycles. The first-order chi connectivity index (χ1) is 10.1. The molecule has 1 N–H and O–H groups in total. The maximum Gasteiger partial charge on any atom is 0.164 e. The molecule has 0 bridgehead atoms. The molecule has 0 aromatic heterocycles. The van der Waals surface area contributed by atoms with Crippen LogP contribution in [0.2, 0.25) is 0 Å². The molecule has 0 radical (unpaired) electrons. The molecule has 3 heteroatoms. The third kappa shape index (κ3) is 5.44. The number of benzene rings is 2. The summed E-state index contributed by atoms with van der Waals surface area (Å²) in [5, 5.41) is 3.41. The predicted molar refractivity (Wildman–Crippen MR) is 90.7 cm³/mol. The molecule has 0 fully saturated rings. The van der Waals surface area contributed by atoms with Gasteiger partial charge in [-0.1, -0.05) is 58.4 Å². The molecular weight excluding hydrogens is 326 g/mol. The first-order valence-electron chi connectivity index (χ1n) is 7.21. The smallest absolute Gasteiger partial charge is 0.164 e. The number of ketones is 1. The van der Waals surface area contributed by atoms with E-state index in [1.807, 2.05) is 30.3 Å². The van der Waals surface area contributed by atoms with Gasteiger partial charge in [0.1, 0.15) is 0 Å². The zero-order valence-electron chi connectivity index (χ0n) is 12.2. The molecule has 0 saturated heterocycles. The second kappa shape index (κ2) is 8.11. The number of halogens is 1. The normalized spacial score (nSPS) is 12.1. The molecule has 0 aliphatic rings. The van der Waals surface area contributed by atoms with Crippen molar-refractivity contribution in [3.05, 3.63) is 70.2 Å². The number of carbonyl (C=O) groups excluding carboxylic acids is 1. The van der Waals surface area contributed by atoms with Gasteiger partial charge in [-0.25, -0.2) is 0 Å². The Balaban J connectivity index is 1.73. The lowest BCUT2D eigenvalue weighted by Crippen LogP contribution is -2.30. The van der Waals surface area contributed by atoms with Crippen LogP contribution in [0.5, 0.6) is 0 Å². The number of carbonyl (C=O) groups is 1. The molecule has 1 atom stereocenters. The summed E-state index contributed by atoms with van der Waals surface area (Å²) in [7, 11) is 0. The molecule has 110 valence electrons. The van der Waals surface area contributed by atoms with Crippen molar-refractivity contribution >= 4 is 21.7 Å². The standard InChI is InChI=1S/C18H20BrNO/c1-14(13-15-5-3-2-4-6-15)20-12-11-18(21)16-7-9-17(19)10-8-16/h2-10,14,20H,11-13H2,1H3. The van der Waals surface area contributed by atoms with E-state index in [1.165, 1.54) is 5.56 Å². The second-order valence-corrected chi connectivity index (χ2v) is 6.14. The minimum absolute atomic E-state index is 0.182. The molecule has 1 unspecified atom stereocenters. The minimum atomic E-state index is 0.182. The number of hydrogen-bond donors (Lipinski definition) is 1. The summed E-state index contributed by atoms with van der Waals surface area (Å²) in [6.07, 6.45) is 1.51. The Kier molecular flexibility index (Phi) is 6.15. The molecule has 21 heavy (non-hydrogen) atoms. The van der Waals surface area contributed by atoms with Gasteiger partial charge in [-0.2, -0.15) is 0 Å². The fraction of sp³-hybridized carbons (Fsp3) is 0.278. The number of Topliss-reactive ketones (excluding diaryl/α,β-unsaturated/α-hetero) is 1. The molecule has 2 rings (SSSR count). The van der Waals surface area contributed by atoms with Crippen molar-refractivity contribution in [2.24, 2.45) is 0 Å². The lowest BCUT2D eigenvalue weighted by Gasteiger charge is -2.13. The summed E-state index contributed by atoms with van der Waals surface area (Å²) in [5.41, 5.74) is 2.09. The van der Waals surface area contributed by atoms with Gasteiger partial charge in [-0.15, -0.1) is 0 Å². The SMILES string of the molecule is CC(Cc1ccccc1)NCCC(=O)c1ccc(Br)cc1. The molecule has 2 nitrogen and oxygen atoms in total. The lowest BCUT2D eigenvalue weighted by molar-refractivity contribution is 0.0982. The average Bonchev–Trinajstić information content (AvgIpc) is 2.49. The van der Waals surface area contributed by atoms with Crippen LogP contribution in [0, 0.1) is 0 Å². The highest BCUT2D eigenvalue weighted by Gasteiger charge is 2.07. The fourth-order valence-corrected chi connectivity index (χ4v) is 2.52. The van der Waals surface area contributed by atoms with Crippen LogP contribution in [-0.4, -0.2) is 18.4 Å². The summed E-state index contributed by atoms with van der Waals surface area (Å²) in [6.45, 7) is 2.86. The van der Waals surface area contributed by atoms with Crippen LogP contribution in [-0.2, 0) is 6.42 Å². The third-order valence-electron chi connectivity index (χ3n) is 3.40. The first-order valence-corrected chi connectivity index (χ1v) is 8.00. The highest BCUT2D eigenvalue weighted by molar-refractivity contribution is 9.10. The van der Waals surface area contributed by atoms with Crippen molar-refractivity contribution in [2.45, 2.75) is 25.8 Å². The van der Waals surface area contributed by atoms with Gasteiger partial charge in [0.05, 0.1) is 0 Å². The van der Waals surface area contributed by atoms with Gasteiger partial charge in [0.2, 0.25) is 0 Å². The Labute approximate surface area is 134 Å². The zero-order chi connectivity index (χ0) is 15.1. The molecule has 0 amide bonds. The Morgan fingerprint density at radius 2 is 1.76 bits per heavy atom. The van der Waals surface area contributed by atoms with Crippen LogP contribution in [0.25, 0.3) is 0 Å². The van der Waals surface area contributed by atoms with E-state index in [1.54, 1.807) is 0 Å². The molecule has 2 aromatic carbocycles. The van der Waals surface area contributed by atoms with Crippen molar-refractivity contribution in [1.29, 1.82) is 0 Å². The van der Waals surface area contributed by atoms with E-state index in [9.17, 15) is 4.79 Å². The summed E-state index contributed by atoms with van der Waals surface area (Å²) in [4.78, 5) is 12.0. The first kappa shape index (κ1) is 15.9. The van der Waals surface area contributed by atoms with Gasteiger partial charge in [-0.05, 0) is 31.0 Å². The third-order valence-corrected chi connectivity index (χ3v) is 3.92. The maximum atomic E-state index is 12.0. The van der Waals surface area contributed by atoms with E-state index in [0.29, 0.717) is 19.0 Å². The lowest BCUT2D eigenvalue weighted by atomic mass is 10.1. The van der Waals surface area contributed by atoms with Gasteiger partial charge < -0.3 is 5.32 Å². The number of nitrogens with one attached hydrogen (secondary N) is 1. The van der Waals surface area contributed by atoms with Crippen LogP contribution in [0.15, 0.2) is 59.1 Å². The van der Waals surface area contributed by atoms with E-state index in [0.717, 1.165) is 16.5 Å². The molecule has 2 aromatic rings. The Hall–Kier alpha value is -1.45. The summed E-state index contributed by atoms with van der Waals surface area (Å²) in [6, 6.07) is 18.3. The quantitative estimate of drug-likeness (QED) is 0.760. The largest absolute Gasteiger partial charge is 0.313 e. The van der Waals surface area contributed by atoms with Crippen LogP contribution >= 0.6 is 15.9 Å². The van der Waals surface area contributed by atoms with Crippen molar-refractivity contribution in [2.75, 3.05) is 6.54 Å². The van der Waals surface area contributed by atoms with Gasteiger partial charge in [0.15, 0.2) is 5.78 Å². The highest BCUT2D eigenvalue weighted by atomic mass is 79.9. The average molecular weight is 346 g/mol. The van der Waals surface area contributed by atoms with E-state index in [4.69, 9.17) is 0 Å². The van der Waals surface area contributed by atoms with Crippen molar-refractivity contribution < 1.29 is 4.79 Å². The van der Waals surface area contributed by atoms with E-state index < -0.39 is 0 Å². The molecular formula is C18H20BrNO. The molecule has 0 aliphatic heterocycles. The minimum Gasteiger partial charge on any atom is -0.313 e. The monoisotopic (exact) mass is 345 g/mol.